The van der Waals surface area contributed by atoms with Gasteiger partial charge in [-0.25, -0.2) is 0 Å². The second-order valence-electron chi connectivity index (χ2n) is 11.0. The largest absolute Gasteiger partial charge is 0.478 e. The molecule has 6 aromatic rings. The molecule has 45 heavy (non-hydrogen) atoms. The number of ether oxygens (including phenoxy) is 1. The van der Waals surface area contributed by atoms with Gasteiger partial charge in [-0.05, 0) is 40.5 Å². The molecule has 0 spiro atoms. The van der Waals surface area contributed by atoms with Gasteiger partial charge in [-0.3, -0.25) is 19.6 Å². The number of nitrogens with one attached hydrogen (secondary N) is 1. The molecular formula is C38H30N4O3. The number of amides is 2. The SMILES string of the molecule is O=C(NCc1ccncc1)c1c2c(c(OC(c3ccccc3)c3ccccc3)c3ncccc13)C(=O)N(Cc1ccccc1)C2. The summed E-state index contributed by atoms with van der Waals surface area (Å²) in [7, 11) is 0. The minimum atomic E-state index is -0.510. The first-order valence-electron chi connectivity index (χ1n) is 14.9. The third-order valence-electron chi connectivity index (χ3n) is 8.06. The van der Waals surface area contributed by atoms with Crippen LogP contribution in [0.1, 0.15) is 54.6 Å². The Morgan fingerprint density at radius 2 is 1.42 bits per heavy atom. The van der Waals surface area contributed by atoms with E-state index in [1.165, 1.54) is 0 Å². The Morgan fingerprint density at radius 3 is 2.09 bits per heavy atom. The zero-order valence-corrected chi connectivity index (χ0v) is 24.5. The number of hydrogen-bond acceptors (Lipinski definition) is 5. The van der Waals surface area contributed by atoms with Gasteiger partial charge in [0.05, 0.1) is 11.1 Å². The number of nitrogens with zero attached hydrogens (tertiary/aromatic N) is 3. The molecule has 3 heterocycles. The minimum Gasteiger partial charge on any atom is -0.478 e. The molecule has 7 nitrogen and oxygen atoms in total. The molecule has 2 aromatic heterocycles. The van der Waals surface area contributed by atoms with Crippen molar-refractivity contribution in [1.29, 1.82) is 0 Å². The summed E-state index contributed by atoms with van der Waals surface area (Å²) in [4.78, 5) is 38.9. The van der Waals surface area contributed by atoms with Gasteiger partial charge in [-0.2, -0.15) is 0 Å². The number of benzene rings is 4. The van der Waals surface area contributed by atoms with E-state index >= 15 is 0 Å². The maximum absolute atomic E-state index is 14.4. The lowest BCUT2D eigenvalue weighted by Gasteiger charge is -2.23. The molecule has 4 aromatic carbocycles. The molecule has 7 rings (SSSR count). The van der Waals surface area contributed by atoms with Crippen molar-refractivity contribution in [3.05, 3.63) is 173 Å². The van der Waals surface area contributed by atoms with Crippen molar-refractivity contribution in [2.75, 3.05) is 0 Å². The molecule has 220 valence electrons. The van der Waals surface area contributed by atoms with Gasteiger partial charge < -0.3 is 15.0 Å². The fourth-order valence-corrected chi connectivity index (χ4v) is 5.92. The Morgan fingerprint density at radius 1 is 0.778 bits per heavy atom. The first-order chi connectivity index (χ1) is 22.2. The Balaban J connectivity index is 1.38. The van der Waals surface area contributed by atoms with Crippen molar-refractivity contribution in [1.82, 2.24) is 20.2 Å². The van der Waals surface area contributed by atoms with Crippen LogP contribution in [0.3, 0.4) is 0 Å². The van der Waals surface area contributed by atoms with Gasteiger partial charge in [0.25, 0.3) is 11.8 Å². The number of carbonyl (C=O) groups is 2. The van der Waals surface area contributed by atoms with Crippen LogP contribution in [0, 0.1) is 0 Å². The predicted molar refractivity (Wildman–Crippen MR) is 173 cm³/mol. The Hall–Kier alpha value is -5.82. The molecule has 1 N–H and O–H groups in total. The van der Waals surface area contributed by atoms with Gasteiger partial charge in [0.1, 0.15) is 11.6 Å². The second kappa shape index (κ2) is 12.4. The van der Waals surface area contributed by atoms with Gasteiger partial charge in [-0.15, -0.1) is 0 Å². The van der Waals surface area contributed by atoms with E-state index in [9.17, 15) is 9.59 Å². The number of hydrogen-bond donors (Lipinski definition) is 1. The fourth-order valence-electron chi connectivity index (χ4n) is 5.92. The summed E-state index contributed by atoms with van der Waals surface area (Å²) in [5.74, 6) is -0.0892. The number of aromatic nitrogens is 2. The Kier molecular flexibility index (Phi) is 7.72. The van der Waals surface area contributed by atoms with E-state index in [1.54, 1.807) is 23.5 Å². The van der Waals surface area contributed by atoms with E-state index in [1.807, 2.05) is 115 Å². The standard InChI is InChI=1S/C38H30N4O3/c43-37(41-23-26-18-21-39-22-19-26)32-30-17-10-20-40-34(30)36(33-31(32)25-42(38(33)44)24-27-11-4-1-5-12-27)45-35(28-13-6-2-7-14-28)29-15-8-3-9-16-29/h1-22,35H,23-25H2,(H,41,43). The molecule has 0 fully saturated rings. The Bertz CT molecular complexity index is 1930. The highest BCUT2D eigenvalue weighted by Gasteiger charge is 2.38. The highest BCUT2D eigenvalue weighted by Crippen LogP contribution is 2.43. The first-order valence-corrected chi connectivity index (χ1v) is 14.9. The average Bonchev–Trinajstić information content (AvgIpc) is 3.41. The molecule has 0 saturated carbocycles. The molecular weight excluding hydrogens is 560 g/mol. The van der Waals surface area contributed by atoms with Crippen molar-refractivity contribution in [3.8, 4) is 5.75 Å². The van der Waals surface area contributed by atoms with E-state index in [0.717, 1.165) is 22.3 Å². The molecule has 0 aliphatic carbocycles. The monoisotopic (exact) mass is 590 g/mol. The molecule has 2 amide bonds. The van der Waals surface area contributed by atoms with Crippen LogP contribution >= 0.6 is 0 Å². The smallest absolute Gasteiger partial charge is 0.258 e. The lowest BCUT2D eigenvalue weighted by molar-refractivity contribution is 0.0761. The van der Waals surface area contributed by atoms with Crippen LogP contribution in [0.25, 0.3) is 10.9 Å². The number of pyridine rings is 2. The van der Waals surface area contributed by atoms with Gasteiger partial charge >= 0.3 is 0 Å². The molecule has 1 aliphatic heterocycles. The zero-order valence-electron chi connectivity index (χ0n) is 24.5. The van der Waals surface area contributed by atoms with E-state index < -0.39 is 6.10 Å². The van der Waals surface area contributed by atoms with Gasteiger partial charge in [0, 0.05) is 49.2 Å². The lowest BCUT2D eigenvalue weighted by Crippen LogP contribution is -2.25. The van der Waals surface area contributed by atoms with Crippen molar-refractivity contribution < 1.29 is 14.3 Å². The molecule has 0 bridgehead atoms. The van der Waals surface area contributed by atoms with Crippen LogP contribution in [-0.4, -0.2) is 26.7 Å². The fraction of sp³-hybridized carbons (Fsp3) is 0.105. The summed E-state index contributed by atoms with van der Waals surface area (Å²) < 4.78 is 6.93. The van der Waals surface area contributed by atoms with E-state index in [0.29, 0.717) is 46.4 Å². The van der Waals surface area contributed by atoms with Crippen molar-refractivity contribution in [3.63, 3.8) is 0 Å². The zero-order chi connectivity index (χ0) is 30.6. The summed E-state index contributed by atoms with van der Waals surface area (Å²) >= 11 is 0. The molecule has 7 heteroatoms. The molecule has 0 radical (unpaired) electrons. The molecule has 0 atom stereocenters. The number of carbonyl (C=O) groups excluding carboxylic acids is 2. The molecule has 0 saturated heterocycles. The number of fused-ring (bicyclic) bond motifs is 2. The van der Waals surface area contributed by atoms with Crippen LogP contribution in [0.4, 0.5) is 0 Å². The van der Waals surface area contributed by atoms with Crippen molar-refractivity contribution in [2.45, 2.75) is 25.7 Å². The van der Waals surface area contributed by atoms with Crippen LogP contribution in [0.5, 0.6) is 5.75 Å². The third-order valence-corrected chi connectivity index (χ3v) is 8.06. The van der Waals surface area contributed by atoms with E-state index in [4.69, 9.17) is 9.72 Å². The van der Waals surface area contributed by atoms with E-state index in [2.05, 4.69) is 10.3 Å². The van der Waals surface area contributed by atoms with Crippen LogP contribution in [-0.2, 0) is 19.6 Å². The third kappa shape index (κ3) is 5.63. The van der Waals surface area contributed by atoms with Crippen LogP contribution < -0.4 is 10.1 Å². The van der Waals surface area contributed by atoms with Crippen LogP contribution in [0.15, 0.2) is 134 Å². The molecule has 1 aliphatic rings. The van der Waals surface area contributed by atoms with Gasteiger partial charge in [-0.1, -0.05) is 97.1 Å². The summed E-state index contributed by atoms with van der Waals surface area (Å²) in [6, 6.07) is 37.1. The summed E-state index contributed by atoms with van der Waals surface area (Å²) in [6.07, 6.45) is 4.55. The summed E-state index contributed by atoms with van der Waals surface area (Å²) in [6.45, 7) is 0.988. The maximum Gasteiger partial charge on any atom is 0.258 e. The summed E-state index contributed by atoms with van der Waals surface area (Å²) in [5, 5.41) is 3.70. The number of rotatable bonds is 9. The van der Waals surface area contributed by atoms with Crippen LogP contribution in [0.2, 0.25) is 0 Å². The van der Waals surface area contributed by atoms with Gasteiger partial charge in [0.15, 0.2) is 5.75 Å². The first kappa shape index (κ1) is 28.0. The predicted octanol–water partition coefficient (Wildman–Crippen LogP) is 6.88. The minimum absolute atomic E-state index is 0.195. The normalized spacial score (nSPS) is 12.4. The maximum atomic E-state index is 14.4. The highest BCUT2D eigenvalue weighted by atomic mass is 16.5. The molecule has 0 unspecified atom stereocenters. The van der Waals surface area contributed by atoms with E-state index in [-0.39, 0.29) is 18.4 Å². The second-order valence-corrected chi connectivity index (χ2v) is 11.0. The lowest BCUT2D eigenvalue weighted by atomic mass is 9.95. The topological polar surface area (TPSA) is 84.4 Å². The average molecular weight is 591 g/mol. The Labute approximate surface area is 261 Å². The van der Waals surface area contributed by atoms with Gasteiger partial charge in [0.2, 0.25) is 0 Å². The highest BCUT2D eigenvalue weighted by molar-refractivity contribution is 6.16. The summed E-state index contributed by atoms with van der Waals surface area (Å²) in [5.41, 5.74) is 5.72. The quantitative estimate of drug-likeness (QED) is 0.198. The van der Waals surface area contributed by atoms with Crippen molar-refractivity contribution in [2.24, 2.45) is 0 Å². The van der Waals surface area contributed by atoms with Crippen molar-refractivity contribution >= 4 is 22.7 Å².